The number of hydrogen-bond acceptors (Lipinski definition) is 6. The van der Waals surface area contributed by atoms with Crippen LogP contribution in [-0.4, -0.2) is 81.6 Å². The molecular weight excluding hydrogens is 440 g/mol. The van der Waals surface area contributed by atoms with Gasteiger partial charge in [-0.2, -0.15) is 0 Å². The van der Waals surface area contributed by atoms with Gasteiger partial charge in [-0.1, -0.05) is 25.5 Å². The number of amides is 2. The number of likely N-dealkylation sites (tertiary alicyclic amines) is 1. The van der Waals surface area contributed by atoms with Crippen molar-refractivity contribution in [3.63, 3.8) is 0 Å². The molecule has 184 valence electrons. The van der Waals surface area contributed by atoms with Crippen molar-refractivity contribution < 1.29 is 24.2 Å². The summed E-state index contributed by atoms with van der Waals surface area (Å²) in [5, 5.41) is 9.26. The minimum atomic E-state index is -0.591. The average Bonchev–Trinajstić information content (AvgIpc) is 3.44. The van der Waals surface area contributed by atoms with Crippen molar-refractivity contribution in [2.45, 2.75) is 67.9 Å². The van der Waals surface area contributed by atoms with Gasteiger partial charge in [0.2, 0.25) is 11.8 Å². The van der Waals surface area contributed by atoms with Gasteiger partial charge in [-0.05, 0) is 38.5 Å². The molecule has 33 heavy (non-hydrogen) atoms. The Labute approximate surface area is 201 Å². The molecule has 1 N–H and O–H groups in total. The van der Waals surface area contributed by atoms with E-state index in [9.17, 15) is 19.5 Å². The minimum absolute atomic E-state index is 0.00793. The fraction of sp³-hybridized carbons (Fsp3) is 0.720. The third-order valence-corrected chi connectivity index (χ3v) is 9.07. The molecule has 2 bridgehead atoms. The van der Waals surface area contributed by atoms with Crippen molar-refractivity contribution in [1.82, 2.24) is 9.80 Å². The Bertz CT molecular complexity index is 759. The topological polar surface area (TPSA) is 87.2 Å². The number of rotatable bonds is 14. The number of carbonyl (C=O) groups excluding carboxylic acids is 3. The summed E-state index contributed by atoms with van der Waals surface area (Å²) >= 11 is 1.66. The van der Waals surface area contributed by atoms with Crippen molar-refractivity contribution in [3.05, 3.63) is 25.3 Å². The predicted molar refractivity (Wildman–Crippen MR) is 130 cm³/mol. The molecule has 3 fully saturated rings. The van der Waals surface area contributed by atoms with Crippen LogP contribution in [0, 0.1) is 11.8 Å². The number of fused-ring (bicyclic) bond motifs is 1. The molecule has 0 aromatic heterocycles. The van der Waals surface area contributed by atoms with Gasteiger partial charge in [-0.3, -0.25) is 14.4 Å². The van der Waals surface area contributed by atoms with E-state index in [0.29, 0.717) is 38.9 Å². The number of esters is 1. The number of aliphatic hydroxyl groups excluding tert-OH is 1. The third-order valence-electron chi connectivity index (χ3n) is 7.12. The lowest BCUT2D eigenvalue weighted by molar-refractivity contribution is -0.154. The third kappa shape index (κ3) is 4.87. The summed E-state index contributed by atoms with van der Waals surface area (Å²) in [6, 6.07) is -0.591. The number of carbonyl (C=O) groups is 3. The Morgan fingerprint density at radius 1 is 1.30 bits per heavy atom. The fourth-order valence-corrected chi connectivity index (χ4v) is 7.84. The number of aliphatic hydroxyl groups is 1. The molecule has 5 atom stereocenters. The van der Waals surface area contributed by atoms with Crippen LogP contribution in [0.5, 0.6) is 0 Å². The summed E-state index contributed by atoms with van der Waals surface area (Å²) in [6.45, 7) is 11.3. The van der Waals surface area contributed by atoms with Crippen LogP contribution in [0.1, 0.15) is 51.9 Å². The van der Waals surface area contributed by atoms with Crippen LogP contribution in [0.2, 0.25) is 0 Å². The Morgan fingerprint density at radius 3 is 2.76 bits per heavy atom. The highest BCUT2D eigenvalue weighted by atomic mass is 32.2. The van der Waals surface area contributed by atoms with Crippen molar-refractivity contribution in [1.29, 1.82) is 0 Å². The van der Waals surface area contributed by atoms with E-state index in [0.717, 1.165) is 25.7 Å². The van der Waals surface area contributed by atoms with E-state index in [2.05, 4.69) is 20.1 Å². The summed E-state index contributed by atoms with van der Waals surface area (Å²) < 4.78 is 4.91. The largest absolute Gasteiger partial charge is 0.465 e. The van der Waals surface area contributed by atoms with E-state index in [1.165, 1.54) is 0 Å². The maximum Gasteiger partial charge on any atom is 0.310 e. The first-order chi connectivity index (χ1) is 16.0. The molecule has 2 amide bonds. The van der Waals surface area contributed by atoms with Gasteiger partial charge in [0.25, 0.3) is 0 Å². The molecule has 3 saturated heterocycles. The highest BCUT2D eigenvalue weighted by Crippen LogP contribution is 2.66. The van der Waals surface area contributed by atoms with Gasteiger partial charge in [0.15, 0.2) is 0 Å². The SMILES string of the molecule is C=CCCOC(=O)[C@@H]1[C@@H]2CCC3(S2)C(C(=O)N(CC=C)CCCC)N(CCCCO)C(=O)[C@H]13. The van der Waals surface area contributed by atoms with E-state index in [4.69, 9.17) is 4.74 Å². The second-order valence-corrected chi connectivity index (χ2v) is 10.8. The molecule has 2 unspecified atom stereocenters. The number of thioether (sulfide) groups is 1. The van der Waals surface area contributed by atoms with E-state index < -0.39 is 22.6 Å². The highest BCUT2D eigenvalue weighted by Gasteiger charge is 2.74. The number of ether oxygens (including phenoxy) is 1. The second-order valence-electron chi connectivity index (χ2n) is 9.19. The minimum Gasteiger partial charge on any atom is -0.465 e. The maximum atomic E-state index is 13.9. The van der Waals surface area contributed by atoms with Crippen LogP contribution in [0.15, 0.2) is 25.3 Å². The van der Waals surface area contributed by atoms with Crippen LogP contribution >= 0.6 is 11.8 Å². The number of hydrogen-bond donors (Lipinski definition) is 1. The Hall–Kier alpha value is -1.80. The molecule has 3 aliphatic rings. The molecule has 8 heteroatoms. The van der Waals surface area contributed by atoms with Gasteiger partial charge < -0.3 is 19.6 Å². The van der Waals surface area contributed by atoms with Crippen LogP contribution in [0.25, 0.3) is 0 Å². The molecule has 1 spiro atoms. The molecular formula is C25H38N2O5S. The highest BCUT2D eigenvalue weighted by molar-refractivity contribution is 8.02. The molecule has 0 aromatic carbocycles. The summed E-state index contributed by atoms with van der Waals surface area (Å²) in [5.74, 6) is -1.52. The monoisotopic (exact) mass is 478 g/mol. The van der Waals surface area contributed by atoms with Crippen molar-refractivity contribution in [3.8, 4) is 0 Å². The van der Waals surface area contributed by atoms with Crippen LogP contribution in [-0.2, 0) is 19.1 Å². The average molecular weight is 479 g/mol. The van der Waals surface area contributed by atoms with E-state index in [1.54, 1.807) is 28.8 Å². The lowest BCUT2D eigenvalue weighted by Gasteiger charge is -2.37. The molecule has 3 aliphatic heterocycles. The number of nitrogens with zero attached hydrogens (tertiary/aromatic N) is 2. The Morgan fingerprint density at radius 2 is 2.09 bits per heavy atom. The van der Waals surface area contributed by atoms with E-state index >= 15 is 0 Å². The van der Waals surface area contributed by atoms with Crippen molar-refractivity contribution in [2.24, 2.45) is 11.8 Å². The second kappa shape index (κ2) is 11.6. The standard InChI is InChI=1S/C25H38N2O5S/c1-4-7-14-26(13-6-3)23(30)21-25-12-11-18(33-25)19(24(31)32-17-8-5-2)20(25)22(29)27(21)15-9-10-16-28/h5-6,18-21,28H,2-4,7-17H2,1H3/t18-,19+,20-,21?,25?/m0/s1. The predicted octanol–water partition coefficient (Wildman–Crippen LogP) is 2.78. The van der Waals surface area contributed by atoms with Gasteiger partial charge in [0.1, 0.15) is 6.04 Å². The maximum absolute atomic E-state index is 13.9. The summed E-state index contributed by atoms with van der Waals surface area (Å²) in [6.07, 6.45) is 8.59. The zero-order chi connectivity index (χ0) is 24.0. The lowest BCUT2D eigenvalue weighted by atomic mass is 9.71. The smallest absolute Gasteiger partial charge is 0.310 e. The van der Waals surface area contributed by atoms with Gasteiger partial charge in [0, 0.05) is 31.5 Å². The van der Waals surface area contributed by atoms with Crippen molar-refractivity contribution >= 4 is 29.5 Å². The van der Waals surface area contributed by atoms with Crippen LogP contribution in [0.3, 0.4) is 0 Å². The van der Waals surface area contributed by atoms with Crippen molar-refractivity contribution in [2.75, 3.05) is 32.8 Å². The Balaban J connectivity index is 1.92. The normalized spacial score (nSPS) is 29.8. The van der Waals surface area contributed by atoms with E-state index in [1.807, 2.05) is 4.90 Å². The molecule has 0 radical (unpaired) electrons. The van der Waals surface area contributed by atoms with Gasteiger partial charge in [-0.15, -0.1) is 24.9 Å². The molecule has 3 rings (SSSR count). The first-order valence-electron chi connectivity index (χ1n) is 12.2. The fourth-order valence-electron chi connectivity index (χ4n) is 5.64. The van der Waals surface area contributed by atoms with E-state index in [-0.39, 0.29) is 36.2 Å². The molecule has 7 nitrogen and oxygen atoms in total. The molecule has 0 aromatic rings. The summed E-state index contributed by atoms with van der Waals surface area (Å²) in [7, 11) is 0. The molecule has 0 saturated carbocycles. The van der Waals surface area contributed by atoms with Gasteiger partial charge >= 0.3 is 5.97 Å². The Kier molecular flexibility index (Phi) is 9.04. The first-order valence-corrected chi connectivity index (χ1v) is 13.1. The zero-order valence-electron chi connectivity index (χ0n) is 19.7. The lowest BCUT2D eigenvalue weighted by Crippen LogP contribution is -2.55. The van der Waals surface area contributed by atoms with Gasteiger partial charge in [0.05, 0.1) is 23.2 Å². The zero-order valence-corrected chi connectivity index (χ0v) is 20.6. The summed E-state index contributed by atoms with van der Waals surface area (Å²) in [4.78, 5) is 44.3. The number of unbranched alkanes of at least 4 members (excludes halogenated alkanes) is 2. The molecule has 0 aliphatic carbocycles. The van der Waals surface area contributed by atoms with Crippen LogP contribution in [0.4, 0.5) is 0 Å². The summed E-state index contributed by atoms with van der Waals surface area (Å²) in [5.41, 5.74) is 0. The van der Waals surface area contributed by atoms with Crippen LogP contribution < -0.4 is 0 Å². The first kappa shape index (κ1) is 25.8. The quantitative estimate of drug-likeness (QED) is 0.235. The molecule has 3 heterocycles. The van der Waals surface area contributed by atoms with Gasteiger partial charge in [-0.25, -0.2) is 0 Å².